The van der Waals surface area contributed by atoms with Crippen molar-refractivity contribution in [1.29, 1.82) is 0 Å². The van der Waals surface area contributed by atoms with Crippen molar-refractivity contribution in [3.63, 3.8) is 0 Å². The maximum atomic E-state index is 13.1. The van der Waals surface area contributed by atoms with Crippen molar-refractivity contribution in [3.8, 4) is 0 Å². The van der Waals surface area contributed by atoms with Crippen molar-refractivity contribution in [3.05, 3.63) is 35.1 Å². The van der Waals surface area contributed by atoms with Gasteiger partial charge >= 0.3 is 0 Å². The molecule has 0 aromatic heterocycles. The number of carbonyl (C=O) groups excluding carboxylic acids is 1. The average Bonchev–Trinajstić information content (AvgIpc) is 2.32. The Morgan fingerprint density at radius 3 is 2.74 bits per heavy atom. The summed E-state index contributed by atoms with van der Waals surface area (Å²) in [6, 6.07) is 4.41. The first-order valence-corrected chi connectivity index (χ1v) is 6.62. The van der Waals surface area contributed by atoms with E-state index in [1.807, 2.05) is 4.90 Å². The second-order valence-corrected chi connectivity index (χ2v) is 6.07. The number of nitrogens with zero attached hydrogens (tertiary/aromatic N) is 1. The van der Waals surface area contributed by atoms with Gasteiger partial charge in [-0.3, -0.25) is 4.79 Å². The maximum absolute atomic E-state index is 13.1. The minimum absolute atomic E-state index is 0.0301. The van der Waals surface area contributed by atoms with E-state index >= 15 is 0 Å². The second kappa shape index (κ2) is 4.93. The smallest absolute Gasteiger partial charge is 0.254 e. The summed E-state index contributed by atoms with van der Waals surface area (Å²) < 4.78 is 13.1. The minimum Gasteiger partial charge on any atom is -0.338 e. The molecule has 0 bridgehead atoms. The highest BCUT2D eigenvalue weighted by molar-refractivity contribution is 5.95. The molecule has 1 aromatic rings. The summed E-state index contributed by atoms with van der Waals surface area (Å²) in [5.74, 6) is -0.340. The number of benzene rings is 1. The van der Waals surface area contributed by atoms with Gasteiger partial charge in [0.15, 0.2) is 0 Å². The summed E-state index contributed by atoms with van der Waals surface area (Å²) >= 11 is 0. The number of rotatable bonds is 1. The zero-order valence-corrected chi connectivity index (χ0v) is 11.7. The van der Waals surface area contributed by atoms with Gasteiger partial charge in [-0.2, -0.15) is 0 Å². The predicted octanol–water partition coefficient (Wildman–Crippen LogP) is 2.33. The van der Waals surface area contributed by atoms with Gasteiger partial charge in [-0.05, 0) is 42.5 Å². The van der Waals surface area contributed by atoms with Crippen LogP contribution in [-0.4, -0.2) is 29.9 Å². The molecule has 4 heteroatoms. The fourth-order valence-electron chi connectivity index (χ4n) is 2.58. The lowest BCUT2D eigenvalue weighted by Gasteiger charge is -2.42. The molecule has 19 heavy (non-hydrogen) atoms. The van der Waals surface area contributed by atoms with Crippen molar-refractivity contribution in [1.82, 2.24) is 4.90 Å². The Hall–Kier alpha value is -1.42. The quantitative estimate of drug-likeness (QED) is 0.846. The standard InChI is InChI=1S/C15H21FN2O/c1-10-8-11(16)4-5-12(10)14(19)18-7-6-13(17)15(2,3)9-18/h4-5,8,13H,6-7,9,17H2,1-3H3. The van der Waals surface area contributed by atoms with Gasteiger partial charge in [0.2, 0.25) is 0 Å². The van der Waals surface area contributed by atoms with E-state index in [4.69, 9.17) is 5.73 Å². The largest absolute Gasteiger partial charge is 0.338 e. The van der Waals surface area contributed by atoms with Gasteiger partial charge in [0, 0.05) is 24.7 Å². The predicted molar refractivity (Wildman–Crippen MR) is 73.4 cm³/mol. The molecule has 0 aliphatic carbocycles. The molecule has 1 atom stereocenters. The Bertz CT molecular complexity index is 499. The molecule has 1 amide bonds. The number of hydrogen-bond donors (Lipinski definition) is 1. The summed E-state index contributed by atoms with van der Waals surface area (Å²) in [6.07, 6.45) is 0.805. The maximum Gasteiger partial charge on any atom is 0.254 e. The Morgan fingerprint density at radius 2 is 2.16 bits per heavy atom. The van der Waals surface area contributed by atoms with Crippen molar-refractivity contribution in [2.75, 3.05) is 13.1 Å². The van der Waals surface area contributed by atoms with Gasteiger partial charge in [0.05, 0.1) is 0 Å². The van der Waals surface area contributed by atoms with E-state index in [-0.39, 0.29) is 23.2 Å². The Labute approximate surface area is 113 Å². The Kier molecular flexibility index (Phi) is 3.63. The van der Waals surface area contributed by atoms with Gasteiger partial charge in [-0.25, -0.2) is 4.39 Å². The van der Waals surface area contributed by atoms with Gasteiger partial charge in [-0.15, -0.1) is 0 Å². The third-order valence-corrected chi connectivity index (χ3v) is 4.02. The molecular formula is C15H21FN2O. The van der Waals surface area contributed by atoms with E-state index in [1.54, 1.807) is 13.0 Å². The number of hydrogen-bond acceptors (Lipinski definition) is 2. The molecule has 0 radical (unpaired) electrons. The lowest BCUT2D eigenvalue weighted by Crippen LogP contribution is -2.54. The number of aryl methyl sites for hydroxylation is 1. The zero-order valence-electron chi connectivity index (χ0n) is 11.7. The fourth-order valence-corrected chi connectivity index (χ4v) is 2.58. The normalized spacial score (nSPS) is 22.4. The molecule has 1 aromatic carbocycles. The Balaban J connectivity index is 2.21. The molecule has 0 spiro atoms. The van der Waals surface area contributed by atoms with E-state index in [2.05, 4.69) is 13.8 Å². The second-order valence-electron chi connectivity index (χ2n) is 6.07. The number of likely N-dealkylation sites (tertiary alicyclic amines) is 1. The SMILES string of the molecule is Cc1cc(F)ccc1C(=O)N1CCC(N)C(C)(C)C1. The van der Waals surface area contributed by atoms with E-state index in [1.165, 1.54) is 12.1 Å². The molecule has 1 saturated heterocycles. The highest BCUT2D eigenvalue weighted by atomic mass is 19.1. The van der Waals surface area contributed by atoms with Crippen molar-refractivity contribution in [2.24, 2.45) is 11.1 Å². The molecule has 0 saturated carbocycles. The molecular weight excluding hydrogens is 243 g/mol. The first-order chi connectivity index (χ1) is 8.81. The highest BCUT2D eigenvalue weighted by Crippen LogP contribution is 2.29. The minimum atomic E-state index is -0.310. The third-order valence-electron chi connectivity index (χ3n) is 4.02. The van der Waals surface area contributed by atoms with Crippen LogP contribution in [0.1, 0.15) is 36.2 Å². The van der Waals surface area contributed by atoms with Crippen LogP contribution in [0.2, 0.25) is 0 Å². The molecule has 1 heterocycles. The molecule has 2 rings (SSSR count). The average molecular weight is 264 g/mol. The number of halogens is 1. The highest BCUT2D eigenvalue weighted by Gasteiger charge is 2.35. The summed E-state index contributed by atoms with van der Waals surface area (Å²) in [4.78, 5) is 14.3. The van der Waals surface area contributed by atoms with Crippen LogP contribution in [0, 0.1) is 18.2 Å². The first kappa shape index (κ1) is 14.0. The van der Waals surface area contributed by atoms with Crippen LogP contribution in [0.3, 0.4) is 0 Å². The van der Waals surface area contributed by atoms with Gasteiger partial charge in [0.1, 0.15) is 5.82 Å². The Morgan fingerprint density at radius 1 is 1.47 bits per heavy atom. The molecule has 3 nitrogen and oxygen atoms in total. The van der Waals surface area contributed by atoms with Crippen LogP contribution in [0.15, 0.2) is 18.2 Å². The van der Waals surface area contributed by atoms with Crippen molar-refractivity contribution in [2.45, 2.75) is 33.2 Å². The topological polar surface area (TPSA) is 46.3 Å². The summed E-state index contributed by atoms with van der Waals surface area (Å²) in [6.45, 7) is 7.23. The lowest BCUT2D eigenvalue weighted by atomic mass is 9.79. The van der Waals surface area contributed by atoms with Crippen molar-refractivity contribution >= 4 is 5.91 Å². The summed E-state index contributed by atoms with van der Waals surface area (Å²) in [5.41, 5.74) is 7.25. The number of carbonyl (C=O) groups is 1. The molecule has 104 valence electrons. The van der Waals surface area contributed by atoms with Gasteiger partial charge < -0.3 is 10.6 Å². The molecule has 1 fully saturated rings. The van der Waals surface area contributed by atoms with Gasteiger partial charge in [0.25, 0.3) is 5.91 Å². The van der Waals surface area contributed by atoms with E-state index in [0.29, 0.717) is 24.2 Å². The van der Waals surface area contributed by atoms with Gasteiger partial charge in [-0.1, -0.05) is 13.8 Å². The van der Waals surface area contributed by atoms with Crippen LogP contribution in [0.25, 0.3) is 0 Å². The van der Waals surface area contributed by atoms with E-state index < -0.39 is 0 Å². The third kappa shape index (κ3) is 2.78. The lowest BCUT2D eigenvalue weighted by molar-refractivity contribution is 0.0532. The molecule has 2 N–H and O–H groups in total. The fraction of sp³-hybridized carbons (Fsp3) is 0.533. The van der Waals surface area contributed by atoms with Crippen LogP contribution in [0.5, 0.6) is 0 Å². The molecule has 1 aliphatic heterocycles. The molecule has 1 unspecified atom stereocenters. The van der Waals surface area contributed by atoms with E-state index in [0.717, 1.165) is 6.42 Å². The van der Waals surface area contributed by atoms with Crippen LogP contribution in [0.4, 0.5) is 4.39 Å². The van der Waals surface area contributed by atoms with E-state index in [9.17, 15) is 9.18 Å². The number of piperidine rings is 1. The summed E-state index contributed by atoms with van der Waals surface area (Å²) in [7, 11) is 0. The number of nitrogens with two attached hydrogens (primary N) is 1. The van der Waals surface area contributed by atoms with Crippen LogP contribution < -0.4 is 5.73 Å². The first-order valence-electron chi connectivity index (χ1n) is 6.62. The summed E-state index contributed by atoms with van der Waals surface area (Å²) in [5, 5.41) is 0. The van der Waals surface area contributed by atoms with Crippen LogP contribution >= 0.6 is 0 Å². The van der Waals surface area contributed by atoms with Crippen LogP contribution in [-0.2, 0) is 0 Å². The van der Waals surface area contributed by atoms with Crippen molar-refractivity contribution < 1.29 is 9.18 Å². The monoisotopic (exact) mass is 264 g/mol. The molecule has 1 aliphatic rings. The zero-order chi connectivity index (χ0) is 14.2. The number of amides is 1.